The molecule has 0 aromatic heterocycles. The minimum Gasteiger partial charge on any atom is -0.481 e. The summed E-state index contributed by atoms with van der Waals surface area (Å²) in [4.78, 5) is 35.8. The molecule has 6 heteroatoms. The molecule has 2 saturated carbocycles. The molecule has 2 aliphatic rings. The minimum absolute atomic E-state index is 0.0377. The first-order chi connectivity index (χ1) is 13.0. The van der Waals surface area contributed by atoms with Gasteiger partial charge >= 0.3 is 5.97 Å². The zero-order valence-electron chi connectivity index (χ0n) is 16.7. The van der Waals surface area contributed by atoms with Crippen LogP contribution in [0.4, 0.5) is 0 Å². The summed E-state index contributed by atoms with van der Waals surface area (Å²) in [5, 5.41) is 15.2. The van der Waals surface area contributed by atoms with Crippen molar-refractivity contribution < 1.29 is 19.5 Å². The van der Waals surface area contributed by atoms with Crippen LogP contribution in [-0.4, -0.2) is 35.5 Å². The van der Waals surface area contributed by atoms with Gasteiger partial charge in [0.25, 0.3) is 0 Å². The van der Waals surface area contributed by atoms with Crippen LogP contribution in [0.2, 0.25) is 0 Å². The van der Waals surface area contributed by atoms with Crippen molar-refractivity contribution in [2.24, 2.45) is 17.8 Å². The van der Waals surface area contributed by atoms with Crippen molar-refractivity contribution >= 4 is 17.8 Å². The molecule has 1 atom stereocenters. The highest BCUT2D eigenvalue weighted by molar-refractivity contribution is 5.80. The number of carboxylic acids is 1. The molecule has 0 aromatic rings. The maximum atomic E-state index is 12.3. The lowest BCUT2D eigenvalue weighted by Crippen LogP contribution is -2.42. The molecular formula is C21H36N2O4. The van der Waals surface area contributed by atoms with Gasteiger partial charge in [-0.2, -0.15) is 0 Å². The highest BCUT2D eigenvalue weighted by atomic mass is 16.4. The second-order valence-corrected chi connectivity index (χ2v) is 8.39. The Hall–Kier alpha value is -1.59. The summed E-state index contributed by atoms with van der Waals surface area (Å²) in [6.07, 6.45) is 11.3. The van der Waals surface area contributed by atoms with Crippen molar-refractivity contribution in [3.8, 4) is 0 Å². The van der Waals surface area contributed by atoms with Gasteiger partial charge in [-0.1, -0.05) is 32.6 Å². The van der Waals surface area contributed by atoms with Crippen LogP contribution in [0.1, 0.15) is 84.0 Å². The average molecular weight is 381 g/mol. The molecule has 0 aliphatic heterocycles. The van der Waals surface area contributed by atoms with E-state index < -0.39 is 11.9 Å². The Bertz CT molecular complexity index is 494. The van der Waals surface area contributed by atoms with E-state index in [9.17, 15) is 19.5 Å². The van der Waals surface area contributed by atoms with E-state index in [0.717, 1.165) is 32.1 Å². The maximum Gasteiger partial charge on any atom is 0.308 e. The van der Waals surface area contributed by atoms with Crippen molar-refractivity contribution in [2.75, 3.05) is 6.54 Å². The van der Waals surface area contributed by atoms with Gasteiger partial charge in [0.15, 0.2) is 0 Å². The van der Waals surface area contributed by atoms with Crippen molar-refractivity contribution in [3.63, 3.8) is 0 Å². The van der Waals surface area contributed by atoms with Crippen LogP contribution in [0.25, 0.3) is 0 Å². The molecule has 0 radical (unpaired) electrons. The van der Waals surface area contributed by atoms with E-state index in [0.29, 0.717) is 18.8 Å². The molecule has 1 unspecified atom stereocenters. The molecule has 2 fully saturated rings. The van der Waals surface area contributed by atoms with Crippen LogP contribution in [0, 0.1) is 17.8 Å². The Balaban J connectivity index is 1.65. The molecule has 2 rings (SSSR count). The number of hydrogen-bond acceptors (Lipinski definition) is 3. The number of aliphatic carboxylic acids is 1. The first-order valence-corrected chi connectivity index (χ1v) is 10.8. The summed E-state index contributed by atoms with van der Waals surface area (Å²) in [5.74, 6) is -0.738. The molecule has 0 aromatic carbocycles. The molecule has 0 saturated heterocycles. The number of nitrogens with one attached hydrogen (secondary N) is 2. The third-order valence-corrected chi connectivity index (χ3v) is 6.17. The minimum atomic E-state index is -0.846. The van der Waals surface area contributed by atoms with Gasteiger partial charge in [-0.05, 0) is 50.9 Å². The fourth-order valence-electron chi connectivity index (χ4n) is 4.47. The fraction of sp³-hybridized carbons (Fsp3) is 0.857. The molecule has 0 spiro atoms. The summed E-state index contributed by atoms with van der Waals surface area (Å²) in [6.45, 7) is 2.15. The Kier molecular flexibility index (Phi) is 9.08. The molecular weight excluding hydrogens is 344 g/mol. The Morgan fingerprint density at radius 2 is 1.67 bits per heavy atom. The number of hydrogen-bond donors (Lipinski definition) is 3. The lowest BCUT2D eigenvalue weighted by atomic mass is 9.84. The van der Waals surface area contributed by atoms with E-state index in [-0.39, 0.29) is 30.3 Å². The van der Waals surface area contributed by atoms with E-state index >= 15 is 0 Å². The molecule has 0 heterocycles. The summed E-state index contributed by atoms with van der Waals surface area (Å²) < 4.78 is 0. The fourth-order valence-corrected chi connectivity index (χ4v) is 4.47. The Morgan fingerprint density at radius 1 is 1.00 bits per heavy atom. The van der Waals surface area contributed by atoms with Crippen LogP contribution in [0.15, 0.2) is 0 Å². The molecule has 2 aliphatic carbocycles. The van der Waals surface area contributed by atoms with Gasteiger partial charge in [0.05, 0.1) is 5.92 Å². The van der Waals surface area contributed by atoms with E-state index in [2.05, 4.69) is 10.6 Å². The van der Waals surface area contributed by atoms with Gasteiger partial charge in [0.2, 0.25) is 11.8 Å². The van der Waals surface area contributed by atoms with Crippen LogP contribution in [0.5, 0.6) is 0 Å². The van der Waals surface area contributed by atoms with Gasteiger partial charge in [0.1, 0.15) is 0 Å². The van der Waals surface area contributed by atoms with Gasteiger partial charge in [-0.25, -0.2) is 0 Å². The molecule has 3 N–H and O–H groups in total. The van der Waals surface area contributed by atoms with Crippen molar-refractivity contribution in [1.82, 2.24) is 10.6 Å². The van der Waals surface area contributed by atoms with Crippen LogP contribution in [0.3, 0.4) is 0 Å². The summed E-state index contributed by atoms with van der Waals surface area (Å²) in [7, 11) is 0. The predicted octanol–water partition coefficient (Wildman–Crippen LogP) is 3.25. The van der Waals surface area contributed by atoms with Crippen LogP contribution in [-0.2, 0) is 14.4 Å². The summed E-state index contributed by atoms with van der Waals surface area (Å²) in [6, 6.07) is 0.178. The van der Waals surface area contributed by atoms with E-state index in [1.54, 1.807) is 0 Å². The van der Waals surface area contributed by atoms with Crippen molar-refractivity contribution in [2.45, 2.75) is 90.0 Å². The Morgan fingerprint density at radius 3 is 2.26 bits per heavy atom. The molecule has 27 heavy (non-hydrogen) atoms. The highest BCUT2D eigenvalue weighted by Gasteiger charge is 2.28. The number of rotatable bonds is 9. The van der Waals surface area contributed by atoms with E-state index in [1.807, 2.05) is 6.92 Å². The summed E-state index contributed by atoms with van der Waals surface area (Å²) >= 11 is 0. The number of amides is 2. The van der Waals surface area contributed by atoms with Gasteiger partial charge in [-0.15, -0.1) is 0 Å². The van der Waals surface area contributed by atoms with Crippen LogP contribution < -0.4 is 10.6 Å². The standard InChI is InChI=1S/C21H36N2O4/c1-2-6-17(21(26)27)14-22-20(25)16-9-11-18(12-10-16)23-19(24)13-15-7-4-3-5-8-15/h15-18H,2-14H2,1H3,(H,22,25)(H,23,24)(H,26,27). The SMILES string of the molecule is CCCC(CNC(=O)C1CCC(NC(=O)CC2CCCCC2)CC1)C(=O)O. The van der Waals surface area contributed by atoms with Crippen molar-refractivity contribution in [1.29, 1.82) is 0 Å². The largest absolute Gasteiger partial charge is 0.481 e. The van der Waals surface area contributed by atoms with Gasteiger partial charge < -0.3 is 15.7 Å². The average Bonchev–Trinajstić information content (AvgIpc) is 2.66. The highest BCUT2D eigenvalue weighted by Crippen LogP contribution is 2.27. The third kappa shape index (κ3) is 7.51. The lowest BCUT2D eigenvalue weighted by molar-refractivity contribution is -0.142. The molecule has 6 nitrogen and oxygen atoms in total. The Labute approximate surface area is 162 Å². The normalized spacial score (nSPS) is 24.8. The number of carboxylic acid groups (broad SMARTS) is 1. The van der Waals surface area contributed by atoms with Gasteiger partial charge in [0, 0.05) is 24.9 Å². The van der Waals surface area contributed by atoms with E-state index in [1.165, 1.54) is 32.1 Å². The second kappa shape index (κ2) is 11.3. The number of carbonyl (C=O) groups excluding carboxylic acids is 2. The third-order valence-electron chi connectivity index (χ3n) is 6.17. The maximum absolute atomic E-state index is 12.3. The lowest BCUT2D eigenvalue weighted by Gasteiger charge is -2.29. The monoisotopic (exact) mass is 380 g/mol. The molecule has 154 valence electrons. The summed E-state index contributed by atoms with van der Waals surface area (Å²) in [5.41, 5.74) is 0. The predicted molar refractivity (Wildman–Crippen MR) is 104 cm³/mol. The zero-order valence-corrected chi connectivity index (χ0v) is 16.7. The zero-order chi connectivity index (χ0) is 19.6. The van der Waals surface area contributed by atoms with Crippen LogP contribution >= 0.6 is 0 Å². The topological polar surface area (TPSA) is 95.5 Å². The first kappa shape index (κ1) is 21.7. The molecule has 2 amide bonds. The van der Waals surface area contributed by atoms with E-state index in [4.69, 9.17) is 0 Å². The second-order valence-electron chi connectivity index (χ2n) is 8.39. The van der Waals surface area contributed by atoms with Crippen molar-refractivity contribution in [3.05, 3.63) is 0 Å². The number of carbonyl (C=O) groups is 3. The van der Waals surface area contributed by atoms with Gasteiger partial charge in [-0.3, -0.25) is 14.4 Å². The quantitative estimate of drug-likeness (QED) is 0.572. The first-order valence-electron chi connectivity index (χ1n) is 10.8. The smallest absolute Gasteiger partial charge is 0.308 e. The molecule has 0 bridgehead atoms.